The molecule has 1 aromatic carbocycles. The Morgan fingerprint density at radius 1 is 1.03 bits per heavy atom. The van der Waals surface area contributed by atoms with Gasteiger partial charge in [-0.05, 0) is 55.9 Å². The van der Waals surface area contributed by atoms with Crippen molar-refractivity contribution in [1.82, 2.24) is 24.5 Å². The summed E-state index contributed by atoms with van der Waals surface area (Å²) in [6.45, 7) is 4.08. The molecule has 0 bridgehead atoms. The summed E-state index contributed by atoms with van der Waals surface area (Å²) in [7, 11) is 1.52. The highest BCUT2D eigenvalue weighted by atomic mass is 19.1. The second-order valence-electron chi connectivity index (χ2n) is 8.80. The lowest BCUT2D eigenvalue weighted by atomic mass is 9.82. The molecule has 1 saturated carbocycles. The molecule has 5 rings (SSSR count). The number of halogens is 1. The van der Waals surface area contributed by atoms with Crippen molar-refractivity contribution in [3.63, 3.8) is 0 Å². The first kappa shape index (κ1) is 24.4. The van der Waals surface area contributed by atoms with Gasteiger partial charge in [0.15, 0.2) is 5.65 Å². The number of fused-ring (bicyclic) bond motifs is 1. The first-order chi connectivity index (χ1) is 17.0. The van der Waals surface area contributed by atoms with Crippen molar-refractivity contribution in [2.75, 3.05) is 7.11 Å². The van der Waals surface area contributed by atoms with Crippen LogP contribution in [0, 0.1) is 19.7 Å². The van der Waals surface area contributed by atoms with Gasteiger partial charge in [0, 0.05) is 24.7 Å². The molecular weight excluding hydrogens is 445 g/mol. The Bertz CT molecular complexity index is 1350. The number of aromatic nitrogens is 5. The maximum atomic E-state index is 13.6. The van der Waals surface area contributed by atoms with Crippen LogP contribution < -0.4 is 10.3 Å². The van der Waals surface area contributed by atoms with E-state index in [1.165, 1.54) is 56.0 Å². The van der Waals surface area contributed by atoms with E-state index in [-0.39, 0.29) is 17.9 Å². The number of benzene rings is 1. The highest BCUT2D eigenvalue weighted by Gasteiger charge is 2.20. The molecule has 8 heteroatoms. The van der Waals surface area contributed by atoms with Gasteiger partial charge in [-0.15, -0.1) is 0 Å². The zero-order valence-corrected chi connectivity index (χ0v) is 20.4. The monoisotopic (exact) mass is 475 g/mol. The normalized spacial score (nSPS) is 13.8. The molecule has 1 fully saturated rings. The van der Waals surface area contributed by atoms with Crippen LogP contribution in [0.2, 0.25) is 0 Å². The van der Waals surface area contributed by atoms with E-state index in [0.29, 0.717) is 28.7 Å². The molecule has 1 aliphatic carbocycles. The van der Waals surface area contributed by atoms with Gasteiger partial charge in [-0.25, -0.2) is 14.4 Å². The van der Waals surface area contributed by atoms with Crippen molar-refractivity contribution in [1.29, 1.82) is 0 Å². The van der Waals surface area contributed by atoms with Gasteiger partial charge in [0.25, 0.3) is 5.56 Å². The van der Waals surface area contributed by atoms with Crippen molar-refractivity contribution >= 4 is 11.2 Å². The minimum atomic E-state index is -0.171. The topological polar surface area (TPSA) is 82.8 Å². The standard InChI is InChI=1S/C14H13N5O2.C13H17F/c1-9-7-17-10-3-4-12(20)19(13(10)18-9)8-11-14(21-2)16-6-5-15-11;1-10-6-5-9-12(14)13(10)11-7-3-2-4-8-11/h3-7H,8H2,1-2H3;5-6,9,11H,2-4,7-8H2,1H3. The van der Waals surface area contributed by atoms with E-state index < -0.39 is 0 Å². The minimum absolute atomic E-state index is 0.00287. The van der Waals surface area contributed by atoms with Crippen LogP contribution in [0.1, 0.15) is 60.5 Å². The van der Waals surface area contributed by atoms with Crippen LogP contribution in [-0.2, 0) is 6.54 Å². The summed E-state index contributed by atoms with van der Waals surface area (Å²) in [6.07, 6.45) is 11.0. The van der Waals surface area contributed by atoms with Gasteiger partial charge in [0.05, 0.1) is 19.3 Å². The highest BCUT2D eigenvalue weighted by Crippen LogP contribution is 2.35. The second-order valence-corrected chi connectivity index (χ2v) is 8.80. The zero-order valence-electron chi connectivity index (χ0n) is 20.4. The van der Waals surface area contributed by atoms with Gasteiger partial charge in [0.2, 0.25) is 5.88 Å². The number of hydrogen-bond acceptors (Lipinski definition) is 6. The molecule has 0 spiro atoms. The average molecular weight is 476 g/mol. The SMILES string of the molecule is COc1nccnc1Cn1c(=O)ccc2ncc(C)nc21.Cc1cccc(F)c1C1CCCCC1. The summed E-state index contributed by atoms with van der Waals surface area (Å²) in [5.41, 5.74) is 4.42. The van der Waals surface area contributed by atoms with Crippen LogP contribution in [0.4, 0.5) is 4.39 Å². The maximum absolute atomic E-state index is 13.6. The van der Waals surface area contributed by atoms with E-state index in [0.717, 1.165) is 16.8 Å². The number of pyridine rings is 1. The molecule has 0 atom stereocenters. The van der Waals surface area contributed by atoms with Crippen LogP contribution in [0.5, 0.6) is 5.88 Å². The van der Waals surface area contributed by atoms with Crippen LogP contribution >= 0.6 is 0 Å². The van der Waals surface area contributed by atoms with Gasteiger partial charge in [-0.1, -0.05) is 31.4 Å². The molecule has 0 unspecified atom stereocenters. The summed E-state index contributed by atoms with van der Waals surface area (Å²) in [5, 5.41) is 0. The van der Waals surface area contributed by atoms with Crippen LogP contribution in [0.25, 0.3) is 11.2 Å². The maximum Gasteiger partial charge on any atom is 0.252 e. The molecule has 0 amide bonds. The Labute approximate surface area is 204 Å². The van der Waals surface area contributed by atoms with E-state index >= 15 is 0 Å². The fourth-order valence-electron chi connectivity index (χ4n) is 4.62. The molecule has 7 nitrogen and oxygen atoms in total. The van der Waals surface area contributed by atoms with Crippen molar-refractivity contribution in [2.24, 2.45) is 0 Å². The fourth-order valence-corrected chi connectivity index (χ4v) is 4.62. The first-order valence-corrected chi connectivity index (χ1v) is 11.9. The summed E-state index contributed by atoms with van der Waals surface area (Å²) in [5.74, 6) is 0.865. The largest absolute Gasteiger partial charge is 0.480 e. The van der Waals surface area contributed by atoms with E-state index in [4.69, 9.17) is 4.74 Å². The number of nitrogens with zero attached hydrogens (tertiary/aromatic N) is 5. The molecule has 182 valence electrons. The Kier molecular flexibility index (Phi) is 7.80. The Morgan fingerprint density at radius 2 is 1.80 bits per heavy atom. The summed E-state index contributed by atoms with van der Waals surface area (Å²) < 4.78 is 20.3. The van der Waals surface area contributed by atoms with E-state index in [2.05, 4.69) is 19.9 Å². The summed E-state index contributed by atoms with van der Waals surface area (Å²) in [4.78, 5) is 29.1. The highest BCUT2D eigenvalue weighted by molar-refractivity contribution is 5.69. The summed E-state index contributed by atoms with van der Waals surface area (Å²) >= 11 is 0. The molecule has 0 saturated heterocycles. The number of ether oxygens (including phenoxy) is 1. The molecule has 0 N–H and O–H groups in total. The lowest BCUT2D eigenvalue weighted by Gasteiger charge is -2.23. The van der Waals surface area contributed by atoms with E-state index in [1.54, 1.807) is 30.6 Å². The quantitative estimate of drug-likeness (QED) is 0.407. The molecule has 0 aliphatic heterocycles. The molecule has 0 radical (unpaired) electrons. The van der Waals surface area contributed by atoms with Gasteiger partial charge in [0.1, 0.15) is 17.0 Å². The predicted molar refractivity (Wildman–Crippen MR) is 133 cm³/mol. The van der Waals surface area contributed by atoms with Gasteiger partial charge < -0.3 is 4.74 Å². The molecule has 1 aliphatic rings. The minimum Gasteiger partial charge on any atom is -0.480 e. The average Bonchev–Trinajstić information content (AvgIpc) is 2.87. The van der Waals surface area contributed by atoms with E-state index in [1.807, 2.05) is 19.9 Å². The number of aryl methyl sites for hydroxylation is 2. The summed E-state index contributed by atoms with van der Waals surface area (Å²) in [6, 6.07) is 8.55. The Morgan fingerprint density at radius 3 is 2.54 bits per heavy atom. The van der Waals surface area contributed by atoms with Crippen LogP contribution in [0.3, 0.4) is 0 Å². The number of methoxy groups -OCH3 is 1. The first-order valence-electron chi connectivity index (χ1n) is 11.9. The molecule has 3 heterocycles. The number of hydrogen-bond donors (Lipinski definition) is 0. The molecule has 3 aromatic heterocycles. The van der Waals surface area contributed by atoms with Gasteiger partial charge >= 0.3 is 0 Å². The molecule has 35 heavy (non-hydrogen) atoms. The Hall–Kier alpha value is -3.68. The lowest BCUT2D eigenvalue weighted by Crippen LogP contribution is -2.22. The second kappa shape index (κ2) is 11.2. The fraction of sp³-hybridized carbons (Fsp3) is 0.370. The van der Waals surface area contributed by atoms with Crippen LogP contribution in [0.15, 0.2) is 53.7 Å². The van der Waals surface area contributed by atoms with Crippen molar-refractivity contribution < 1.29 is 9.13 Å². The molecular formula is C27H30FN5O2. The van der Waals surface area contributed by atoms with Crippen LogP contribution in [-0.4, -0.2) is 31.6 Å². The lowest BCUT2D eigenvalue weighted by molar-refractivity contribution is 0.387. The van der Waals surface area contributed by atoms with E-state index in [9.17, 15) is 9.18 Å². The van der Waals surface area contributed by atoms with Crippen molar-refractivity contribution in [3.05, 3.63) is 87.6 Å². The van der Waals surface area contributed by atoms with Crippen molar-refractivity contribution in [3.8, 4) is 5.88 Å². The zero-order chi connectivity index (χ0) is 24.8. The third-order valence-electron chi connectivity index (χ3n) is 6.33. The predicted octanol–water partition coefficient (Wildman–Crippen LogP) is 5.13. The smallest absolute Gasteiger partial charge is 0.252 e. The third-order valence-corrected chi connectivity index (χ3v) is 6.33. The van der Waals surface area contributed by atoms with Gasteiger partial charge in [-0.3, -0.25) is 19.3 Å². The molecule has 4 aromatic rings. The third kappa shape index (κ3) is 5.70. The van der Waals surface area contributed by atoms with Gasteiger partial charge in [-0.2, -0.15) is 0 Å². The van der Waals surface area contributed by atoms with Crippen molar-refractivity contribution in [2.45, 2.75) is 58.4 Å². The number of rotatable bonds is 4. The Balaban J connectivity index is 0.000000179.